The quantitative estimate of drug-likeness (QED) is 0.128. The summed E-state index contributed by atoms with van der Waals surface area (Å²) in [5.41, 5.74) is 24.5. The van der Waals surface area contributed by atoms with Crippen molar-refractivity contribution < 1.29 is 14.0 Å². The van der Waals surface area contributed by atoms with Crippen LogP contribution < -0.4 is 26.2 Å². The Kier molecular flexibility index (Phi) is 12.2. The molecule has 0 atom stereocenters. The van der Waals surface area contributed by atoms with E-state index in [2.05, 4.69) is 285 Å². The number of aromatic nitrogens is 1. The highest BCUT2D eigenvalue weighted by Gasteiger charge is 2.46. The van der Waals surface area contributed by atoms with Gasteiger partial charge in [0.25, 0.3) is 6.71 Å². The predicted octanol–water partition coefficient (Wildman–Crippen LogP) is 23.6. The van der Waals surface area contributed by atoms with E-state index in [-0.39, 0.29) is 27.4 Å². The molecule has 0 saturated carbocycles. The molecule has 19 rings (SSSR count). The standard InChI is InChI=1S/C95H65BN4O/c1-95(2,3)71-57-87-92-88(58-71)100(94-78(66-35-18-8-19-36-66)54-70(63-29-12-5-13-30-63)55-79(94)67-37-20-9-21-38-67)86-59-72(98-83-42-24-22-39-74(83)80-51-61(60-97)45-49-84(80)98)47-48-81(86)96(92)82-56-68(73-41-26-44-90-91(73)75-40-23-25-43-89(75)101-90)46-50-85(82)99(87)93-76(64-31-14-6-15-32-64)52-69(62-27-10-4-11-28-62)53-77(93)65-33-16-7-17-34-65/h4-59H,1-3H3/i22D,24D,39D,42D,45D,49D,51D. The van der Waals surface area contributed by atoms with Gasteiger partial charge in [0.2, 0.25) is 0 Å². The highest BCUT2D eigenvalue weighted by molar-refractivity contribution is 7.00. The van der Waals surface area contributed by atoms with Crippen LogP contribution in [-0.2, 0) is 5.41 Å². The molecule has 15 aromatic carbocycles. The fraction of sp³-hybridized carbons (Fsp3) is 0.0421. The van der Waals surface area contributed by atoms with E-state index in [0.29, 0.717) is 5.69 Å². The molecule has 0 amide bonds. The number of hydrogen-bond acceptors (Lipinski definition) is 4. The summed E-state index contributed by atoms with van der Waals surface area (Å²) in [6, 6.07) is 104. The van der Waals surface area contributed by atoms with E-state index in [1.54, 1.807) is 4.57 Å². The molecule has 4 heterocycles. The number of fused-ring (bicyclic) bond motifs is 10. The minimum absolute atomic E-state index is 0.0131. The molecule has 0 bridgehead atoms. The van der Waals surface area contributed by atoms with Crippen molar-refractivity contribution in [1.29, 1.82) is 5.26 Å². The molecule has 0 N–H and O–H groups in total. The molecule has 0 radical (unpaired) electrons. The minimum atomic E-state index is -0.552. The lowest BCUT2D eigenvalue weighted by atomic mass is 9.33. The average molecular weight is 1300 g/mol. The molecule has 6 heteroatoms. The summed E-state index contributed by atoms with van der Waals surface area (Å²) < 4.78 is 75.3. The van der Waals surface area contributed by atoms with Crippen molar-refractivity contribution in [1.82, 2.24) is 4.57 Å². The second-order valence-electron chi connectivity index (χ2n) is 27.3. The topological polar surface area (TPSA) is 48.3 Å². The van der Waals surface area contributed by atoms with Gasteiger partial charge in [-0.05, 0) is 174 Å². The van der Waals surface area contributed by atoms with Gasteiger partial charge in [0.15, 0.2) is 0 Å². The second kappa shape index (κ2) is 23.7. The van der Waals surface area contributed by atoms with Crippen LogP contribution in [-0.4, -0.2) is 11.3 Å². The van der Waals surface area contributed by atoms with Crippen LogP contribution in [0.5, 0.6) is 0 Å². The first-order chi connectivity index (χ1) is 52.6. The van der Waals surface area contributed by atoms with E-state index < -0.39 is 54.4 Å². The Balaban J connectivity index is 1.02. The second-order valence-corrected chi connectivity index (χ2v) is 27.3. The van der Waals surface area contributed by atoms with Crippen molar-refractivity contribution in [2.45, 2.75) is 26.2 Å². The number of hydrogen-bond donors (Lipinski definition) is 0. The largest absolute Gasteiger partial charge is 0.456 e. The number of rotatable bonds is 10. The molecule has 0 fully saturated rings. The summed E-state index contributed by atoms with van der Waals surface area (Å²) in [4.78, 5) is 4.99. The van der Waals surface area contributed by atoms with Gasteiger partial charge >= 0.3 is 0 Å². The Labute approximate surface area is 597 Å². The average Bonchev–Trinajstić information content (AvgIpc) is 0.769. The number of nitrogens with zero attached hydrogens (tertiary/aromatic N) is 4. The maximum atomic E-state index is 10.6. The summed E-state index contributed by atoms with van der Waals surface area (Å²) in [7, 11) is 0. The van der Waals surface area contributed by atoms with Crippen molar-refractivity contribution >= 4 is 101 Å². The van der Waals surface area contributed by atoms with Crippen molar-refractivity contribution in [3.63, 3.8) is 0 Å². The van der Waals surface area contributed by atoms with Crippen LogP contribution in [0.25, 0.3) is 127 Å². The number of benzene rings is 15. The molecule has 5 nitrogen and oxygen atoms in total. The Morgan fingerprint density at radius 1 is 0.376 bits per heavy atom. The lowest BCUT2D eigenvalue weighted by molar-refractivity contribution is 0.590. The van der Waals surface area contributed by atoms with Gasteiger partial charge < -0.3 is 18.8 Å². The third-order valence-electron chi connectivity index (χ3n) is 20.4. The Morgan fingerprint density at radius 3 is 1.42 bits per heavy atom. The molecule has 101 heavy (non-hydrogen) atoms. The van der Waals surface area contributed by atoms with Gasteiger partial charge in [-0.15, -0.1) is 0 Å². The third-order valence-corrected chi connectivity index (χ3v) is 20.4. The minimum Gasteiger partial charge on any atom is -0.456 e. The third kappa shape index (κ3) is 9.76. The molecule has 474 valence electrons. The van der Waals surface area contributed by atoms with Crippen LogP contribution in [0.4, 0.5) is 34.1 Å². The van der Waals surface area contributed by atoms with Gasteiger partial charge in [0, 0.05) is 72.2 Å². The summed E-state index contributed by atoms with van der Waals surface area (Å²) >= 11 is 0. The molecule has 2 aliphatic heterocycles. The molecule has 0 aliphatic carbocycles. The van der Waals surface area contributed by atoms with Gasteiger partial charge in [-0.2, -0.15) is 5.26 Å². The number of anilines is 6. The molecular weight excluding hydrogens is 1220 g/mol. The van der Waals surface area contributed by atoms with Crippen molar-refractivity contribution in [3.05, 3.63) is 351 Å². The van der Waals surface area contributed by atoms with Crippen molar-refractivity contribution in [3.8, 4) is 89.6 Å². The van der Waals surface area contributed by atoms with E-state index in [1.807, 2.05) is 48.5 Å². The summed E-state index contributed by atoms with van der Waals surface area (Å²) in [5, 5.41) is 12.6. The molecule has 0 saturated heterocycles. The Morgan fingerprint density at radius 2 is 0.871 bits per heavy atom. The molecule has 2 aromatic heterocycles. The first-order valence-corrected chi connectivity index (χ1v) is 34.2. The van der Waals surface area contributed by atoms with E-state index in [1.165, 1.54) is 0 Å². The first kappa shape index (κ1) is 52.2. The monoisotopic (exact) mass is 1300 g/mol. The van der Waals surface area contributed by atoms with E-state index in [0.717, 1.165) is 156 Å². The van der Waals surface area contributed by atoms with Crippen LogP contribution in [0, 0.1) is 11.3 Å². The van der Waals surface area contributed by atoms with E-state index >= 15 is 0 Å². The fourth-order valence-corrected chi connectivity index (χ4v) is 15.7. The zero-order chi connectivity index (χ0) is 73.5. The van der Waals surface area contributed by atoms with Gasteiger partial charge in [0.1, 0.15) is 11.2 Å². The maximum Gasteiger partial charge on any atom is 0.252 e. The van der Waals surface area contributed by atoms with Crippen molar-refractivity contribution in [2.24, 2.45) is 0 Å². The summed E-state index contributed by atoms with van der Waals surface area (Å²) in [6.07, 6.45) is 0. The zero-order valence-electron chi connectivity index (χ0n) is 62.6. The van der Waals surface area contributed by atoms with Crippen LogP contribution in [0.1, 0.15) is 41.5 Å². The Bertz CT molecular complexity index is 6510. The van der Waals surface area contributed by atoms with Crippen LogP contribution in [0.2, 0.25) is 0 Å². The highest BCUT2D eigenvalue weighted by Crippen LogP contribution is 2.56. The maximum absolute atomic E-state index is 10.6. The smallest absolute Gasteiger partial charge is 0.252 e. The van der Waals surface area contributed by atoms with Crippen molar-refractivity contribution in [2.75, 3.05) is 9.80 Å². The molecule has 0 spiro atoms. The normalized spacial score (nSPS) is 13.4. The van der Waals surface area contributed by atoms with Gasteiger partial charge in [-0.1, -0.05) is 269 Å². The SMILES string of the molecule is [2H]c1c([2H])c([2H])c2c(c1[2H])c1c([2H])c(C#N)c([2H])c([2H])c1n2-c1ccc2c(c1)N(c1c(-c3ccccc3)cc(-c3ccccc3)cc1-c1ccccc1)c1cc(C(C)(C)C)cc3c1B2c1cc(-c2cccc4oc5ccccc5c24)ccc1N3c1c(-c2ccccc2)cc(-c2ccccc2)cc1-c1ccccc1. The predicted molar refractivity (Wildman–Crippen MR) is 424 cm³/mol. The Hall–Kier alpha value is -12.9. The van der Waals surface area contributed by atoms with E-state index in [4.69, 9.17) is 5.79 Å². The highest BCUT2D eigenvalue weighted by atomic mass is 16.3. The lowest BCUT2D eigenvalue weighted by Crippen LogP contribution is -2.61. The van der Waals surface area contributed by atoms with Crippen LogP contribution in [0.3, 0.4) is 0 Å². The fourth-order valence-electron chi connectivity index (χ4n) is 15.7. The van der Waals surface area contributed by atoms with Crippen LogP contribution >= 0.6 is 0 Å². The van der Waals surface area contributed by atoms with Crippen LogP contribution in [0.15, 0.2) is 344 Å². The first-order valence-electron chi connectivity index (χ1n) is 37.7. The summed E-state index contributed by atoms with van der Waals surface area (Å²) in [6.45, 7) is 6.26. The molecule has 17 aromatic rings. The van der Waals surface area contributed by atoms with Gasteiger partial charge in [-0.25, -0.2) is 0 Å². The number of nitriles is 1. The summed E-state index contributed by atoms with van der Waals surface area (Å²) in [5.74, 6) is 0. The van der Waals surface area contributed by atoms with Gasteiger partial charge in [-0.3, -0.25) is 0 Å². The van der Waals surface area contributed by atoms with Gasteiger partial charge in [0.05, 0.1) is 43.6 Å². The molecule has 2 aliphatic rings. The lowest BCUT2D eigenvalue weighted by Gasteiger charge is -2.46. The van der Waals surface area contributed by atoms with E-state index in [9.17, 15) is 13.5 Å². The molecule has 0 unspecified atom stereocenters. The zero-order valence-corrected chi connectivity index (χ0v) is 55.6. The number of furan rings is 1. The molecular formula is C95H65BN4O. The number of para-hydroxylation sites is 2.